The molecule has 10 heteroatoms. The van der Waals surface area contributed by atoms with E-state index >= 15 is 0 Å². The quantitative estimate of drug-likeness (QED) is 0.281. The second-order valence-corrected chi connectivity index (χ2v) is 5.12. The third-order valence-corrected chi connectivity index (χ3v) is 3.00. The van der Waals surface area contributed by atoms with E-state index in [1.54, 1.807) is 0 Å². The zero-order valence-electron chi connectivity index (χ0n) is 10.1. The van der Waals surface area contributed by atoms with Crippen LogP contribution in [0.2, 0.25) is 0 Å². The highest BCUT2D eigenvalue weighted by Gasteiger charge is 2.49. The lowest BCUT2D eigenvalue weighted by molar-refractivity contribution is -0.131. The Bertz CT molecular complexity index is 636. The van der Waals surface area contributed by atoms with Crippen LogP contribution < -0.4 is 8.92 Å². The maximum Gasteiger partial charge on any atom is 0.534 e. The van der Waals surface area contributed by atoms with E-state index in [1.807, 2.05) is 0 Å². The zero-order valence-corrected chi connectivity index (χ0v) is 10.9. The Hall–Kier alpha value is -1.84. The van der Waals surface area contributed by atoms with E-state index in [9.17, 15) is 30.8 Å². The Morgan fingerprint density at radius 2 is 1.70 bits per heavy atom. The van der Waals surface area contributed by atoms with Crippen LogP contribution in [0.1, 0.15) is 12.5 Å². The summed E-state index contributed by atoms with van der Waals surface area (Å²) in [6, 6.07) is 1.53. The summed E-state index contributed by atoms with van der Waals surface area (Å²) < 4.78 is 79.7. The van der Waals surface area contributed by atoms with Crippen LogP contribution in [0.4, 0.5) is 17.6 Å². The summed E-state index contributed by atoms with van der Waals surface area (Å²) in [5.41, 5.74) is -6.04. The molecule has 0 fully saturated rings. The molecule has 0 atom stereocenters. The maximum absolute atomic E-state index is 13.7. The van der Waals surface area contributed by atoms with Crippen LogP contribution in [0.3, 0.4) is 0 Å². The first-order valence-corrected chi connectivity index (χ1v) is 6.35. The van der Waals surface area contributed by atoms with Crippen molar-refractivity contribution in [2.24, 2.45) is 0 Å². The molecule has 0 saturated carbocycles. The minimum Gasteiger partial charge on any atom is -0.426 e. The smallest absolute Gasteiger partial charge is 0.426 e. The molecule has 0 N–H and O–H groups in total. The van der Waals surface area contributed by atoms with Crippen LogP contribution in [-0.2, 0) is 14.9 Å². The Morgan fingerprint density at radius 1 is 1.20 bits per heavy atom. The fourth-order valence-electron chi connectivity index (χ4n) is 1.14. The highest BCUT2D eigenvalue weighted by molar-refractivity contribution is 7.88. The standard InChI is InChI=1S/C10H8F4O5S/c1-5-7(18-6(2)15)3-4-8(9(5)11)19-20(16,17)10(12,13)14/h3-4H,1-2H3. The lowest BCUT2D eigenvalue weighted by Gasteiger charge is -2.12. The van der Waals surface area contributed by atoms with E-state index in [0.717, 1.165) is 19.9 Å². The van der Waals surface area contributed by atoms with Gasteiger partial charge < -0.3 is 8.92 Å². The van der Waals surface area contributed by atoms with Gasteiger partial charge in [0.1, 0.15) is 5.75 Å². The predicted molar refractivity (Wildman–Crippen MR) is 58.0 cm³/mol. The van der Waals surface area contributed by atoms with Gasteiger partial charge in [-0.25, -0.2) is 4.39 Å². The van der Waals surface area contributed by atoms with Gasteiger partial charge in [-0.3, -0.25) is 4.79 Å². The minimum atomic E-state index is -5.97. The van der Waals surface area contributed by atoms with Gasteiger partial charge in [0.2, 0.25) is 0 Å². The van der Waals surface area contributed by atoms with Crippen LogP contribution in [-0.4, -0.2) is 19.9 Å². The van der Waals surface area contributed by atoms with Crippen LogP contribution in [0.15, 0.2) is 12.1 Å². The van der Waals surface area contributed by atoms with Gasteiger partial charge in [0.25, 0.3) is 0 Å². The van der Waals surface area contributed by atoms with Gasteiger partial charge in [-0.2, -0.15) is 21.6 Å². The molecule has 1 rings (SSSR count). The van der Waals surface area contributed by atoms with Crippen molar-refractivity contribution in [3.8, 4) is 11.5 Å². The summed E-state index contributed by atoms with van der Waals surface area (Å²) in [5, 5.41) is 0. The molecule has 1 aromatic rings. The van der Waals surface area contributed by atoms with Crippen LogP contribution in [0.5, 0.6) is 11.5 Å². The zero-order chi connectivity index (χ0) is 15.7. The fourth-order valence-corrected chi connectivity index (χ4v) is 1.60. The number of benzene rings is 1. The molecule has 0 aliphatic rings. The number of hydrogen-bond acceptors (Lipinski definition) is 5. The molecule has 112 valence electrons. The molecule has 0 spiro atoms. The normalized spacial score (nSPS) is 12.1. The molecule has 0 heterocycles. The molecule has 0 amide bonds. The number of alkyl halides is 3. The van der Waals surface area contributed by atoms with Gasteiger partial charge in [0, 0.05) is 12.5 Å². The van der Waals surface area contributed by atoms with Crippen molar-refractivity contribution in [1.82, 2.24) is 0 Å². The molecule has 0 saturated heterocycles. The fraction of sp³-hybridized carbons (Fsp3) is 0.300. The van der Waals surface area contributed by atoms with Gasteiger partial charge in [-0.05, 0) is 19.1 Å². The van der Waals surface area contributed by atoms with Crippen molar-refractivity contribution in [2.45, 2.75) is 19.4 Å². The Balaban J connectivity index is 3.18. The van der Waals surface area contributed by atoms with Crippen molar-refractivity contribution in [1.29, 1.82) is 0 Å². The second kappa shape index (κ2) is 5.27. The molecule has 0 bridgehead atoms. The monoisotopic (exact) mass is 316 g/mol. The van der Waals surface area contributed by atoms with Crippen molar-refractivity contribution in [2.75, 3.05) is 0 Å². The largest absolute Gasteiger partial charge is 0.534 e. The van der Waals surface area contributed by atoms with Crippen molar-refractivity contribution >= 4 is 16.1 Å². The Kier molecular flexibility index (Phi) is 4.27. The molecule has 0 radical (unpaired) electrons. The molecule has 0 aromatic heterocycles. The highest BCUT2D eigenvalue weighted by Crippen LogP contribution is 2.32. The number of halogens is 4. The van der Waals surface area contributed by atoms with Crippen LogP contribution in [0, 0.1) is 12.7 Å². The summed E-state index contributed by atoms with van der Waals surface area (Å²) in [4.78, 5) is 10.7. The number of esters is 1. The number of hydrogen-bond donors (Lipinski definition) is 0. The molecule has 1 aromatic carbocycles. The van der Waals surface area contributed by atoms with Gasteiger partial charge >= 0.3 is 21.6 Å². The van der Waals surface area contributed by atoms with E-state index in [2.05, 4.69) is 8.92 Å². The number of ether oxygens (including phenoxy) is 1. The number of carbonyl (C=O) groups is 1. The molecule has 0 aliphatic heterocycles. The van der Waals surface area contributed by atoms with Gasteiger partial charge in [-0.15, -0.1) is 0 Å². The third kappa shape index (κ3) is 3.38. The maximum atomic E-state index is 13.7. The Morgan fingerprint density at radius 3 is 2.15 bits per heavy atom. The highest BCUT2D eigenvalue weighted by atomic mass is 32.2. The van der Waals surface area contributed by atoms with Crippen LogP contribution >= 0.6 is 0 Å². The van der Waals surface area contributed by atoms with E-state index in [4.69, 9.17) is 0 Å². The second-order valence-electron chi connectivity index (χ2n) is 3.58. The van der Waals surface area contributed by atoms with Gasteiger partial charge in [0.15, 0.2) is 11.6 Å². The summed E-state index contributed by atoms with van der Waals surface area (Å²) in [5.74, 6) is -3.55. The third-order valence-electron chi connectivity index (χ3n) is 2.04. The van der Waals surface area contributed by atoms with Crippen molar-refractivity contribution < 1.29 is 39.7 Å². The van der Waals surface area contributed by atoms with Gasteiger partial charge in [-0.1, -0.05) is 0 Å². The van der Waals surface area contributed by atoms with Crippen molar-refractivity contribution in [3.63, 3.8) is 0 Å². The van der Waals surface area contributed by atoms with E-state index in [-0.39, 0.29) is 11.3 Å². The lowest BCUT2D eigenvalue weighted by Crippen LogP contribution is -2.28. The SMILES string of the molecule is CC(=O)Oc1ccc(OS(=O)(=O)C(F)(F)F)c(F)c1C. The summed E-state index contributed by atoms with van der Waals surface area (Å²) in [6.07, 6.45) is 0. The molecule has 0 aliphatic carbocycles. The topological polar surface area (TPSA) is 69.7 Å². The number of rotatable bonds is 3. The van der Waals surface area contributed by atoms with Gasteiger partial charge in [0.05, 0.1) is 0 Å². The molecule has 20 heavy (non-hydrogen) atoms. The molecular weight excluding hydrogens is 308 g/mol. The first-order valence-electron chi connectivity index (χ1n) is 4.94. The average Bonchev–Trinajstić information content (AvgIpc) is 2.26. The minimum absolute atomic E-state index is 0.258. The molecular formula is C10H8F4O5S. The van der Waals surface area contributed by atoms with E-state index < -0.39 is 33.2 Å². The first-order chi connectivity index (χ1) is 8.95. The molecule has 5 nitrogen and oxygen atoms in total. The number of carbonyl (C=O) groups excluding carboxylic acids is 1. The summed E-state index contributed by atoms with van der Waals surface area (Å²) in [7, 11) is -5.97. The first kappa shape index (κ1) is 16.2. The average molecular weight is 316 g/mol. The van der Waals surface area contributed by atoms with Crippen molar-refractivity contribution in [3.05, 3.63) is 23.5 Å². The van der Waals surface area contributed by atoms with Crippen LogP contribution in [0.25, 0.3) is 0 Å². The predicted octanol–water partition coefficient (Wildman–Crippen LogP) is 2.29. The summed E-state index contributed by atoms with van der Waals surface area (Å²) in [6.45, 7) is 2.12. The molecule has 0 unspecified atom stereocenters. The lowest BCUT2D eigenvalue weighted by atomic mass is 10.2. The van der Waals surface area contributed by atoms with E-state index in [0.29, 0.717) is 6.07 Å². The van der Waals surface area contributed by atoms with E-state index in [1.165, 1.54) is 0 Å². The Labute approximate surface area is 111 Å². The summed E-state index contributed by atoms with van der Waals surface area (Å²) >= 11 is 0.